The van der Waals surface area contributed by atoms with Crippen LogP contribution in [0.25, 0.3) is 22.6 Å². The fraction of sp³-hybridized carbons (Fsp3) is 0.0435. The summed E-state index contributed by atoms with van der Waals surface area (Å²) in [6.07, 6.45) is 1.49. The molecule has 0 aliphatic carbocycles. The predicted molar refractivity (Wildman–Crippen MR) is 123 cm³/mol. The van der Waals surface area contributed by atoms with Gasteiger partial charge in [0.2, 0.25) is 11.3 Å². The van der Waals surface area contributed by atoms with Crippen LogP contribution >= 0.6 is 0 Å². The number of hydrogen-bond donors (Lipinski definition) is 3. The fourth-order valence-corrected chi connectivity index (χ4v) is 3.13. The number of nitrogens with one attached hydrogen (secondary N) is 2. The Labute approximate surface area is 192 Å². The third-order valence-electron chi connectivity index (χ3n) is 4.82. The van der Waals surface area contributed by atoms with Crippen LogP contribution in [0.4, 0.5) is 11.6 Å². The number of carbonyl (C=O) groups is 1. The average Bonchev–Trinajstić information content (AvgIpc) is 3.52. The van der Waals surface area contributed by atoms with Crippen molar-refractivity contribution >= 4 is 35.1 Å². The van der Waals surface area contributed by atoms with Gasteiger partial charge in [0.05, 0.1) is 11.8 Å². The van der Waals surface area contributed by atoms with Crippen LogP contribution in [0.3, 0.4) is 0 Å². The first-order valence-electron chi connectivity index (χ1n) is 10.2. The Kier molecular flexibility index (Phi) is 5.64. The van der Waals surface area contributed by atoms with Crippen LogP contribution in [0, 0.1) is 0 Å². The molecule has 3 N–H and O–H groups in total. The third kappa shape index (κ3) is 4.58. The van der Waals surface area contributed by atoms with E-state index in [1.54, 1.807) is 24.3 Å². The lowest BCUT2D eigenvalue weighted by molar-refractivity contribution is 0.0697. The first-order valence-corrected chi connectivity index (χ1v) is 10.2. The minimum absolute atomic E-state index is 0.207. The molecule has 11 nitrogen and oxygen atoms in total. The molecule has 0 spiro atoms. The Hall–Kier alpha value is -5.06. The summed E-state index contributed by atoms with van der Waals surface area (Å²) in [5, 5.41) is 23.9. The zero-order chi connectivity index (χ0) is 23.3. The van der Waals surface area contributed by atoms with Gasteiger partial charge < -0.3 is 14.8 Å². The van der Waals surface area contributed by atoms with Gasteiger partial charge in [0.25, 0.3) is 0 Å². The number of carboxylic acids is 1. The highest BCUT2D eigenvalue weighted by Gasteiger charge is 2.12. The number of nitrogens with zero attached hydrogens (tertiary/aromatic N) is 5. The summed E-state index contributed by atoms with van der Waals surface area (Å²) in [6, 6.07) is 19.8. The highest BCUT2D eigenvalue weighted by Crippen LogP contribution is 2.23. The van der Waals surface area contributed by atoms with Crippen LogP contribution in [0.1, 0.15) is 21.7 Å². The largest absolute Gasteiger partial charge is 0.478 e. The second-order valence-electron chi connectivity index (χ2n) is 7.13. The highest BCUT2D eigenvalue weighted by atomic mass is 16.6. The number of fused-ring (bicyclic) bond motifs is 1. The molecule has 3 heterocycles. The normalized spacial score (nSPS) is 11.2. The molecule has 3 aromatic heterocycles. The summed E-state index contributed by atoms with van der Waals surface area (Å²) in [7, 11) is 0. The number of hydrogen-bond acceptors (Lipinski definition) is 10. The standard InChI is InChI=1S/C23H17N7O4/c31-23(32)16-8-6-15(7-9-16)18-11-10-17(33-18)13-25-28-20-19(24-12-14-4-2-1-3-5-14)26-21-22(27-20)30-34-29-21/h1-11,13H,12H2,(H,31,32)(H,24,26,29)(H,27,28,30)/b25-13+. The zero-order valence-corrected chi connectivity index (χ0v) is 17.5. The van der Waals surface area contributed by atoms with Crippen molar-refractivity contribution in [2.24, 2.45) is 5.10 Å². The molecule has 0 saturated heterocycles. The topological polar surface area (TPSA) is 152 Å². The smallest absolute Gasteiger partial charge is 0.335 e. The maximum atomic E-state index is 11.0. The molecule has 0 atom stereocenters. The summed E-state index contributed by atoms with van der Waals surface area (Å²) >= 11 is 0. The van der Waals surface area contributed by atoms with E-state index in [2.05, 4.69) is 36.1 Å². The summed E-state index contributed by atoms with van der Waals surface area (Å²) in [6.45, 7) is 0.521. The molecule has 0 amide bonds. The van der Waals surface area contributed by atoms with E-state index in [0.29, 0.717) is 29.7 Å². The molecule has 2 aromatic carbocycles. The number of rotatable bonds is 8. The minimum Gasteiger partial charge on any atom is -0.478 e. The number of benzene rings is 2. The Morgan fingerprint density at radius 1 is 0.941 bits per heavy atom. The quantitative estimate of drug-likeness (QED) is 0.231. The van der Waals surface area contributed by atoms with Crippen molar-refractivity contribution in [3.8, 4) is 11.3 Å². The van der Waals surface area contributed by atoms with E-state index in [1.165, 1.54) is 18.3 Å². The van der Waals surface area contributed by atoms with Crippen LogP contribution in [0.5, 0.6) is 0 Å². The van der Waals surface area contributed by atoms with E-state index in [-0.39, 0.29) is 16.9 Å². The number of hydrazone groups is 1. The Bertz CT molecular complexity index is 1460. The van der Waals surface area contributed by atoms with Crippen LogP contribution in [-0.2, 0) is 6.54 Å². The summed E-state index contributed by atoms with van der Waals surface area (Å²) in [5.74, 6) is 0.860. The average molecular weight is 455 g/mol. The molecular weight excluding hydrogens is 438 g/mol. The minimum atomic E-state index is -0.981. The van der Waals surface area contributed by atoms with Gasteiger partial charge in [-0.3, -0.25) is 5.43 Å². The molecule has 5 rings (SSSR count). The molecule has 0 saturated carbocycles. The van der Waals surface area contributed by atoms with Gasteiger partial charge in [-0.2, -0.15) is 10.1 Å². The molecule has 168 valence electrons. The molecule has 0 radical (unpaired) electrons. The van der Waals surface area contributed by atoms with Crippen LogP contribution in [0.2, 0.25) is 0 Å². The fourth-order valence-electron chi connectivity index (χ4n) is 3.13. The molecule has 34 heavy (non-hydrogen) atoms. The van der Waals surface area contributed by atoms with Crippen LogP contribution in [0.15, 0.2) is 80.9 Å². The van der Waals surface area contributed by atoms with Gasteiger partial charge in [0, 0.05) is 12.1 Å². The summed E-state index contributed by atoms with van der Waals surface area (Å²) in [4.78, 5) is 19.8. The second-order valence-corrected chi connectivity index (χ2v) is 7.13. The summed E-state index contributed by atoms with van der Waals surface area (Å²) < 4.78 is 10.5. The van der Waals surface area contributed by atoms with E-state index >= 15 is 0 Å². The van der Waals surface area contributed by atoms with Gasteiger partial charge in [-0.05, 0) is 40.1 Å². The lowest BCUT2D eigenvalue weighted by Crippen LogP contribution is -2.06. The monoisotopic (exact) mass is 455 g/mol. The molecular formula is C23H17N7O4. The molecule has 0 fully saturated rings. The Balaban J connectivity index is 1.31. The van der Waals surface area contributed by atoms with Gasteiger partial charge in [-0.15, -0.1) is 0 Å². The zero-order valence-electron chi connectivity index (χ0n) is 17.5. The number of carboxylic acid groups (broad SMARTS) is 1. The van der Waals surface area contributed by atoms with Gasteiger partial charge in [0.15, 0.2) is 11.6 Å². The van der Waals surface area contributed by atoms with Crippen molar-refractivity contribution < 1.29 is 18.9 Å². The molecule has 11 heteroatoms. The second kappa shape index (κ2) is 9.20. The number of furan rings is 1. The van der Waals surface area contributed by atoms with Crippen molar-refractivity contribution in [2.45, 2.75) is 6.54 Å². The van der Waals surface area contributed by atoms with Crippen molar-refractivity contribution in [1.29, 1.82) is 0 Å². The number of aromatic nitrogens is 4. The highest BCUT2D eigenvalue weighted by molar-refractivity contribution is 5.88. The van der Waals surface area contributed by atoms with E-state index in [4.69, 9.17) is 14.2 Å². The number of aromatic carboxylic acids is 1. The number of anilines is 2. The predicted octanol–water partition coefficient (Wildman–Crippen LogP) is 4.03. The van der Waals surface area contributed by atoms with Crippen molar-refractivity contribution in [3.05, 3.63) is 83.6 Å². The third-order valence-corrected chi connectivity index (χ3v) is 4.82. The van der Waals surface area contributed by atoms with E-state index in [1.807, 2.05) is 30.3 Å². The molecule has 0 bridgehead atoms. The van der Waals surface area contributed by atoms with Crippen LogP contribution in [-0.4, -0.2) is 37.6 Å². The van der Waals surface area contributed by atoms with Gasteiger partial charge in [0.1, 0.15) is 11.5 Å². The first kappa shape index (κ1) is 20.8. The molecule has 5 aromatic rings. The molecule has 0 aliphatic heterocycles. The van der Waals surface area contributed by atoms with Gasteiger partial charge >= 0.3 is 5.97 Å². The Morgan fingerprint density at radius 2 is 1.68 bits per heavy atom. The van der Waals surface area contributed by atoms with E-state index in [0.717, 1.165) is 11.1 Å². The van der Waals surface area contributed by atoms with E-state index < -0.39 is 5.97 Å². The SMILES string of the molecule is O=C(O)c1ccc(-c2ccc(/C=N/Nc3nc4nonc4nc3NCc3ccccc3)o2)cc1. The van der Waals surface area contributed by atoms with Crippen LogP contribution < -0.4 is 10.7 Å². The maximum Gasteiger partial charge on any atom is 0.335 e. The Morgan fingerprint density at radius 3 is 2.41 bits per heavy atom. The van der Waals surface area contributed by atoms with Gasteiger partial charge in [-0.25, -0.2) is 14.4 Å². The maximum absolute atomic E-state index is 11.0. The van der Waals surface area contributed by atoms with E-state index in [9.17, 15) is 4.79 Å². The first-order chi connectivity index (χ1) is 16.7. The van der Waals surface area contributed by atoms with Crippen molar-refractivity contribution in [1.82, 2.24) is 20.3 Å². The lowest BCUT2D eigenvalue weighted by Gasteiger charge is -2.09. The van der Waals surface area contributed by atoms with Gasteiger partial charge in [-0.1, -0.05) is 42.5 Å². The molecule has 0 aliphatic rings. The lowest BCUT2D eigenvalue weighted by atomic mass is 10.1. The van der Waals surface area contributed by atoms with Crippen molar-refractivity contribution in [2.75, 3.05) is 10.7 Å². The summed E-state index contributed by atoms with van der Waals surface area (Å²) in [5.41, 5.74) is 5.39. The van der Waals surface area contributed by atoms with Crippen molar-refractivity contribution in [3.63, 3.8) is 0 Å². The molecule has 0 unspecified atom stereocenters.